The van der Waals surface area contributed by atoms with Crippen molar-refractivity contribution in [3.05, 3.63) is 95.6 Å². The van der Waals surface area contributed by atoms with Crippen molar-refractivity contribution in [3.63, 3.8) is 0 Å². The van der Waals surface area contributed by atoms with Gasteiger partial charge in [-0.25, -0.2) is 23.5 Å². The maximum Gasteiger partial charge on any atom is 0.475 e. The Bertz CT molecular complexity index is 2340. The van der Waals surface area contributed by atoms with Gasteiger partial charge in [0.05, 0.1) is 36.1 Å². The number of hydrogen-bond donors (Lipinski definition) is 8. The Labute approximate surface area is 343 Å². The number of benzene rings is 4. The van der Waals surface area contributed by atoms with E-state index in [-0.39, 0.29) is 59.0 Å². The van der Waals surface area contributed by atoms with Gasteiger partial charge in [-0.3, -0.25) is 9.59 Å². The largest absolute Gasteiger partial charge is 0.475 e. The van der Waals surface area contributed by atoms with Crippen LogP contribution in [-0.4, -0.2) is 74.0 Å². The maximum absolute atomic E-state index is 15.2. The topological polar surface area (TPSA) is 232 Å². The molecule has 312 valence electrons. The summed E-state index contributed by atoms with van der Waals surface area (Å²) in [5.41, 5.74) is 2.89. The minimum atomic E-state index is -1.70. The van der Waals surface area contributed by atoms with Crippen LogP contribution in [0.5, 0.6) is 0 Å². The third-order valence-electron chi connectivity index (χ3n) is 9.43. The van der Waals surface area contributed by atoms with Crippen molar-refractivity contribution < 1.29 is 52.1 Å². The summed E-state index contributed by atoms with van der Waals surface area (Å²) in [6.45, 7) is 7.62. The quantitative estimate of drug-likeness (QED) is 0.0576. The molecular formula is C41H44B2F2N6O9. The second-order valence-corrected chi connectivity index (χ2v) is 15.4. The molecule has 4 aromatic carbocycles. The lowest BCUT2D eigenvalue weighted by Gasteiger charge is -2.19. The van der Waals surface area contributed by atoms with Crippen LogP contribution < -0.4 is 21.3 Å². The first-order valence-corrected chi connectivity index (χ1v) is 19.3. The summed E-state index contributed by atoms with van der Waals surface area (Å²) in [6.07, 6.45) is 0.679. The number of carbonyl (C=O) groups excluding carboxylic acids is 3. The number of anilines is 2. The summed E-state index contributed by atoms with van der Waals surface area (Å²) in [4.78, 5) is 46.9. The van der Waals surface area contributed by atoms with Crippen LogP contribution in [0.1, 0.15) is 51.7 Å². The number of carbonyl (C=O) groups is 3. The molecule has 2 atom stereocenters. The molecule has 2 aromatic heterocycles. The van der Waals surface area contributed by atoms with E-state index in [0.717, 1.165) is 12.1 Å². The summed E-state index contributed by atoms with van der Waals surface area (Å²) in [7, 11) is -3.40. The zero-order valence-electron chi connectivity index (χ0n) is 33.2. The molecule has 19 heteroatoms. The van der Waals surface area contributed by atoms with Gasteiger partial charge in [0, 0.05) is 11.1 Å². The number of hydrogen-bond acceptors (Lipinski definition) is 11. The summed E-state index contributed by atoms with van der Waals surface area (Å²) in [5.74, 6) is -3.64. The fraction of sp³-hybridized carbons (Fsp3) is 0.293. The lowest BCUT2D eigenvalue weighted by atomic mass is 9.75. The van der Waals surface area contributed by atoms with Gasteiger partial charge in [-0.2, -0.15) is 0 Å². The van der Waals surface area contributed by atoms with Gasteiger partial charge >= 0.3 is 20.3 Å². The molecule has 0 saturated carbocycles. The highest BCUT2D eigenvalue weighted by molar-refractivity contribution is 6.44. The molecule has 6 rings (SSSR count). The van der Waals surface area contributed by atoms with Crippen LogP contribution in [0.4, 0.5) is 25.0 Å². The van der Waals surface area contributed by atoms with Gasteiger partial charge in [-0.05, 0) is 96.5 Å². The molecule has 2 unspecified atom stereocenters. The molecule has 4 amide bonds. The predicted octanol–water partition coefficient (Wildman–Crippen LogP) is 5.40. The Hall–Kier alpha value is -6.14. The van der Waals surface area contributed by atoms with E-state index in [4.69, 9.17) is 8.83 Å². The van der Waals surface area contributed by atoms with E-state index in [9.17, 15) is 34.5 Å². The number of amides is 4. The van der Waals surface area contributed by atoms with Crippen LogP contribution in [0.2, 0.25) is 0 Å². The van der Waals surface area contributed by atoms with Gasteiger partial charge in [-0.1, -0.05) is 39.8 Å². The van der Waals surface area contributed by atoms with Crippen molar-refractivity contribution in [1.29, 1.82) is 0 Å². The van der Waals surface area contributed by atoms with Crippen molar-refractivity contribution in [1.82, 2.24) is 20.6 Å². The summed E-state index contributed by atoms with van der Waals surface area (Å²) >= 11 is 0. The number of rotatable bonds is 16. The average Bonchev–Trinajstić information content (AvgIpc) is 3.79. The molecule has 0 radical (unpaired) electrons. The molecule has 2 heterocycles. The number of urea groups is 1. The summed E-state index contributed by atoms with van der Waals surface area (Å²) < 4.78 is 42.1. The number of halogens is 2. The molecule has 6 aromatic rings. The van der Waals surface area contributed by atoms with Crippen LogP contribution >= 0.6 is 0 Å². The lowest BCUT2D eigenvalue weighted by Crippen LogP contribution is -2.47. The third-order valence-corrected chi connectivity index (χ3v) is 9.43. The third kappa shape index (κ3) is 11.1. The molecule has 60 heavy (non-hydrogen) atoms. The van der Waals surface area contributed by atoms with Crippen molar-refractivity contribution in [3.8, 4) is 22.9 Å². The highest BCUT2D eigenvalue weighted by atomic mass is 19.1. The van der Waals surface area contributed by atoms with E-state index in [1.807, 2.05) is 27.7 Å². The van der Waals surface area contributed by atoms with E-state index in [0.29, 0.717) is 46.2 Å². The van der Waals surface area contributed by atoms with Crippen molar-refractivity contribution >= 4 is 65.7 Å². The van der Waals surface area contributed by atoms with Gasteiger partial charge < -0.3 is 50.2 Å². The second kappa shape index (κ2) is 18.8. The van der Waals surface area contributed by atoms with Crippen LogP contribution in [-0.2, 0) is 22.4 Å². The van der Waals surface area contributed by atoms with Gasteiger partial charge in [0.2, 0.25) is 23.6 Å². The Balaban J connectivity index is 1.06. The zero-order valence-corrected chi connectivity index (χ0v) is 33.2. The van der Waals surface area contributed by atoms with Crippen LogP contribution in [0.25, 0.3) is 45.1 Å². The SMILES string of the molecule is CC(C)CC(NC(=O)Cc1ccc2oc(-c3ccc(NC(=O)Nc4ccc(-c5nc6cc(CC(=O)NC(CC(C)C)B(O)O)ccc6o5)cc4F)c(F)c3)nc2c1)B(O)O. The van der Waals surface area contributed by atoms with Crippen LogP contribution in [0.3, 0.4) is 0 Å². The highest BCUT2D eigenvalue weighted by Gasteiger charge is 2.27. The van der Waals surface area contributed by atoms with E-state index >= 15 is 8.78 Å². The van der Waals surface area contributed by atoms with Gasteiger partial charge in [0.1, 0.15) is 22.7 Å². The number of aromatic nitrogens is 2. The second-order valence-electron chi connectivity index (χ2n) is 15.4. The molecule has 0 bridgehead atoms. The van der Waals surface area contributed by atoms with Crippen LogP contribution in [0, 0.1) is 23.5 Å². The van der Waals surface area contributed by atoms with E-state index in [1.54, 1.807) is 36.4 Å². The minimum Gasteiger partial charge on any atom is -0.436 e. The normalized spacial score (nSPS) is 12.5. The summed E-state index contributed by atoms with van der Waals surface area (Å²) in [6, 6.07) is 16.7. The van der Waals surface area contributed by atoms with Gasteiger partial charge in [0.25, 0.3) is 0 Å². The zero-order chi connectivity index (χ0) is 43.2. The van der Waals surface area contributed by atoms with Crippen LogP contribution in [0.15, 0.2) is 81.6 Å². The maximum atomic E-state index is 15.2. The standard InChI is InChI=1S/C41H44B2F2N6O9/c1-21(2)13-35(42(55)56)50-37(52)17-23-5-11-33-31(15-23)46-39(59-33)25-7-9-29(27(44)19-25)48-41(54)49-30-10-8-26(20-28(30)45)40-47-32-16-24(6-12-34(32)60-40)18-38(53)51-36(43(57)58)14-22(3)4/h5-12,15-16,19-22,35-36,55-58H,13-14,17-18H2,1-4H3,(H,50,52)(H,51,53)(H2,48,49,54). The Morgan fingerprint density at radius 1 is 0.617 bits per heavy atom. The van der Waals surface area contributed by atoms with Crippen molar-refractivity contribution in [2.24, 2.45) is 11.8 Å². The van der Waals surface area contributed by atoms with E-state index in [2.05, 4.69) is 31.2 Å². The number of nitrogens with zero attached hydrogens (tertiary/aromatic N) is 2. The molecular weight excluding hydrogens is 780 g/mol. The van der Waals surface area contributed by atoms with Gasteiger partial charge in [-0.15, -0.1) is 0 Å². The minimum absolute atomic E-state index is 0.0467. The lowest BCUT2D eigenvalue weighted by molar-refractivity contribution is -0.121. The molecule has 0 aliphatic rings. The van der Waals surface area contributed by atoms with Crippen molar-refractivity contribution in [2.45, 2.75) is 65.3 Å². The van der Waals surface area contributed by atoms with Crippen molar-refractivity contribution in [2.75, 3.05) is 10.6 Å². The first-order valence-electron chi connectivity index (χ1n) is 19.3. The fourth-order valence-corrected chi connectivity index (χ4v) is 6.60. The molecule has 0 aliphatic heterocycles. The highest BCUT2D eigenvalue weighted by Crippen LogP contribution is 2.30. The monoisotopic (exact) mass is 824 g/mol. The molecule has 15 nitrogen and oxygen atoms in total. The molecule has 0 saturated heterocycles. The summed E-state index contributed by atoms with van der Waals surface area (Å²) in [5, 5.41) is 48.5. The molecule has 0 aliphatic carbocycles. The van der Waals surface area contributed by atoms with E-state index < -0.39 is 55.6 Å². The molecule has 8 N–H and O–H groups in total. The average molecular weight is 824 g/mol. The molecule has 0 fully saturated rings. The van der Waals surface area contributed by atoms with E-state index in [1.165, 1.54) is 24.3 Å². The number of nitrogens with one attached hydrogen (secondary N) is 4. The number of oxazole rings is 2. The Morgan fingerprint density at radius 2 is 1.02 bits per heavy atom. The van der Waals surface area contributed by atoms with Gasteiger partial charge in [0.15, 0.2) is 11.2 Å². The smallest absolute Gasteiger partial charge is 0.436 e. The Morgan fingerprint density at radius 3 is 1.37 bits per heavy atom. The Kier molecular flexibility index (Phi) is 13.6. The fourth-order valence-electron chi connectivity index (χ4n) is 6.60. The number of fused-ring (bicyclic) bond motifs is 2. The predicted molar refractivity (Wildman–Crippen MR) is 222 cm³/mol. The first kappa shape index (κ1) is 43.4. The first-order chi connectivity index (χ1) is 28.5. The molecule has 0 spiro atoms.